The monoisotopic (exact) mass is 305 g/mol. The molecule has 0 saturated heterocycles. The second-order valence-corrected chi connectivity index (χ2v) is 5.34. The molecule has 0 aliphatic rings. The zero-order chi connectivity index (χ0) is 15.1. The molecule has 0 spiro atoms. The van der Waals surface area contributed by atoms with Crippen LogP contribution in [0.1, 0.15) is 13.3 Å². The van der Waals surface area contributed by atoms with E-state index in [1.807, 2.05) is 0 Å². The molecule has 0 aromatic rings. The number of nitrogens with one attached hydrogen (secondary N) is 1. The molecule has 0 fully saturated rings. The Balaban J connectivity index is 4.26. The van der Waals surface area contributed by atoms with Gasteiger partial charge in [-0.15, -0.1) is 0 Å². The zero-order valence-electron chi connectivity index (χ0n) is 10.6. The second-order valence-electron chi connectivity index (χ2n) is 3.59. The van der Waals surface area contributed by atoms with E-state index >= 15 is 0 Å². The number of carbonyl (C=O) groups excluding carboxylic acids is 1. The smallest absolute Gasteiger partial charge is 0.394 e. The summed E-state index contributed by atoms with van der Waals surface area (Å²) in [5.41, 5.74) is 0. The Kier molecular flexibility index (Phi) is 7.34. The van der Waals surface area contributed by atoms with E-state index in [1.54, 1.807) is 12.2 Å². The Hall–Kier alpha value is -0.840. The van der Waals surface area contributed by atoms with Gasteiger partial charge in [0.05, 0.1) is 26.4 Å². The average Bonchev–Trinajstić information content (AvgIpc) is 2.35. The molecule has 0 radical (unpaired) electrons. The number of rotatable bonds is 9. The molecule has 1 atom stereocenters. The third-order valence-electron chi connectivity index (χ3n) is 2.13. The van der Waals surface area contributed by atoms with Gasteiger partial charge in [0.2, 0.25) is 0 Å². The lowest BCUT2D eigenvalue weighted by Gasteiger charge is -2.16. The number of amides is 1. The maximum absolute atomic E-state index is 13.1. The first-order valence-corrected chi connectivity index (χ1v) is 6.78. The van der Waals surface area contributed by atoms with Gasteiger partial charge in [0.1, 0.15) is 0 Å². The van der Waals surface area contributed by atoms with Gasteiger partial charge in [0.25, 0.3) is 0 Å². The van der Waals surface area contributed by atoms with Crippen molar-refractivity contribution < 1.29 is 36.0 Å². The van der Waals surface area contributed by atoms with E-state index in [-0.39, 0.29) is 32.3 Å². The summed E-state index contributed by atoms with van der Waals surface area (Å²) >= 11 is 0. The average molecular weight is 305 g/mol. The minimum Gasteiger partial charge on any atom is -0.394 e. The SMILES string of the molecule is COS(=O)(=O)C(F)(F)C(=O)NCCC(C)OCCO. The highest BCUT2D eigenvalue weighted by Crippen LogP contribution is 2.22. The number of hydrogen-bond donors (Lipinski definition) is 2. The standard InChI is InChI=1S/C9H17F2NO6S/c1-7(18-6-5-13)3-4-12-8(14)9(10,11)19(15,16)17-2/h7,13H,3-6H2,1-2H3,(H,12,14). The predicted octanol–water partition coefficient (Wildman–Crippen LogP) is -0.541. The Bertz CT molecular complexity index is 386. The minimum atomic E-state index is -5.27. The lowest BCUT2D eigenvalue weighted by Crippen LogP contribution is -2.46. The topological polar surface area (TPSA) is 102 Å². The molecule has 0 heterocycles. The quantitative estimate of drug-likeness (QED) is 0.555. The van der Waals surface area contributed by atoms with Crippen LogP contribution >= 0.6 is 0 Å². The van der Waals surface area contributed by atoms with Gasteiger partial charge < -0.3 is 15.2 Å². The molecule has 7 nitrogen and oxygen atoms in total. The zero-order valence-corrected chi connectivity index (χ0v) is 11.4. The van der Waals surface area contributed by atoms with Crippen molar-refractivity contribution in [2.45, 2.75) is 24.7 Å². The maximum atomic E-state index is 13.1. The van der Waals surface area contributed by atoms with Gasteiger partial charge in [-0.05, 0) is 13.3 Å². The molecule has 10 heteroatoms. The van der Waals surface area contributed by atoms with Gasteiger partial charge in [-0.2, -0.15) is 17.2 Å². The summed E-state index contributed by atoms with van der Waals surface area (Å²) in [6.45, 7) is 1.33. The highest BCUT2D eigenvalue weighted by Gasteiger charge is 2.53. The number of aliphatic hydroxyl groups is 1. The van der Waals surface area contributed by atoms with Gasteiger partial charge in [-0.3, -0.25) is 8.98 Å². The summed E-state index contributed by atoms with van der Waals surface area (Å²) in [5.74, 6) is -1.95. The Labute approximate surface area is 110 Å². The number of carbonyl (C=O) groups is 1. The fourth-order valence-corrected chi connectivity index (χ4v) is 1.56. The molecule has 1 amide bonds. The van der Waals surface area contributed by atoms with Crippen LogP contribution in [0.5, 0.6) is 0 Å². The summed E-state index contributed by atoms with van der Waals surface area (Å²) < 4.78 is 56.5. The normalized spacial score (nSPS) is 14.2. The summed E-state index contributed by atoms with van der Waals surface area (Å²) in [4.78, 5) is 11.1. The molecular weight excluding hydrogens is 288 g/mol. The van der Waals surface area contributed by atoms with E-state index in [1.165, 1.54) is 0 Å². The Morgan fingerprint density at radius 1 is 1.47 bits per heavy atom. The number of alkyl halides is 2. The van der Waals surface area contributed by atoms with Crippen LogP contribution in [0, 0.1) is 0 Å². The number of hydrogen-bond acceptors (Lipinski definition) is 6. The van der Waals surface area contributed by atoms with Gasteiger partial charge in [-0.25, -0.2) is 0 Å². The maximum Gasteiger partial charge on any atom is 0.446 e. The highest BCUT2D eigenvalue weighted by molar-refractivity contribution is 7.88. The van der Waals surface area contributed by atoms with E-state index in [4.69, 9.17) is 9.84 Å². The van der Waals surface area contributed by atoms with E-state index in [2.05, 4.69) is 4.18 Å². The lowest BCUT2D eigenvalue weighted by molar-refractivity contribution is -0.136. The van der Waals surface area contributed by atoms with Crippen LogP contribution in [-0.2, 0) is 23.8 Å². The first-order valence-electron chi connectivity index (χ1n) is 5.37. The third-order valence-corrected chi connectivity index (χ3v) is 3.38. The van der Waals surface area contributed by atoms with E-state index in [0.29, 0.717) is 7.11 Å². The fourth-order valence-electron chi connectivity index (χ4n) is 1.05. The van der Waals surface area contributed by atoms with Crippen LogP contribution in [0.25, 0.3) is 0 Å². The number of halogens is 2. The predicted molar refractivity (Wildman–Crippen MR) is 61.0 cm³/mol. The summed E-state index contributed by atoms with van der Waals surface area (Å²) in [6.07, 6.45) is -0.186. The van der Waals surface area contributed by atoms with Crippen LogP contribution in [0.4, 0.5) is 8.78 Å². The summed E-state index contributed by atoms with van der Waals surface area (Å²) in [6, 6.07) is 0. The fraction of sp³-hybridized carbons (Fsp3) is 0.889. The van der Waals surface area contributed by atoms with Crippen LogP contribution in [0.3, 0.4) is 0 Å². The minimum absolute atomic E-state index is 0.0866. The summed E-state index contributed by atoms with van der Waals surface area (Å²) in [7, 11) is -4.73. The summed E-state index contributed by atoms with van der Waals surface area (Å²) in [5, 5.41) is 5.62. The van der Waals surface area contributed by atoms with E-state index < -0.39 is 21.3 Å². The first kappa shape index (κ1) is 18.2. The van der Waals surface area contributed by atoms with E-state index in [0.717, 1.165) is 0 Å². The van der Waals surface area contributed by atoms with Crippen LogP contribution in [-0.4, -0.2) is 57.7 Å². The molecule has 0 aliphatic carbocycles. The molecule has 0 aromatic carbocycles. The van der Waals surface area contributed by atoms with Crippen LogP contribution in [0.15, 0.2) is 0 Å². The largest absolute Gasteiger partial charge is 0.446 e. The number of aliphatic hydroxyl groups excluding tert-OH is 1. The van der Waals surface area contributed by atoms with Crippen molar-refractivity contribution in [3.63, 3.8) is 0 Å². The van der Waals surface area contributed by atoms with E-state index in [9.17, 15) is 22.0 Å². The Morgan fingerprint density at radius 2 is 2.05 bits per heavy atom. The van der Waals surface area contributed by atoms with Gasteiger partial charge in [0.15, 0.2) is 0 Å². The Morgan fingerprint density at radius 3 is 2.53 bits per heavy atom. The van der Waals surface area contributed by atoms with Crippen molar-refractivity contribution >= 4 is 16.0 Å². The molecule has 0 bridgehead atoms. The molecule has 2 N–H and O–H groups in total. The molecule has 114 valence electrons. The van der Waals surface area contributed by atoms with Gasteiger partial charge in [0, 0.05) is 6.54 Å². The molecular formula is C9H17F2NO6S. The van der Waals surface area contributed by atoms with Crippen molar-refractivity contribution in [2.75, 3.05) is 26.9 Å². The highest BCUT2D eigenvalue weighted by atomic mass is 32.2. The second kappa shape index (κ2) is 7.68. The van der Waals surface area contributed by atoms with Crippen molar-refractivity contribution in [1.82, 2.24) is 5.32 Å². The van der Waals surface area contributed by atoms with Crippen molar-refractivity contribution in [1.29, 1.82) is 0 Å². The molecule has 19 heavy (non-hydrogen) atoms. The lowest BCUT2D eigenvalue weighted by atomic mass is 10.3. The molecule has 0 saturated carbocycles. The van der Waals surface area contributed by atoms with Crippen molar-refractivity contribution in [3.05, 3.63) is 0 Å². The molecule has 1 unspecified atom stereocenters. The van der Waals surface area contributed by atoms with Gasteiger partial charge >= 0.3 is 21.3 Å². The van der Waals surface area contributed by atoms with Gasteiger partial charge in [-0.1, -0.05) is 0 Å². The number of ether oxygens (including phenoxy) is 1. The molecule has 0 aromatic heterocycles. The molecule has 0 aliphatic heterocycles. The molecule has 0 rings (SSSR count). The van der Waals surface area contributed by atoms with Crippen molar-refractivity contribution in [2.24, 2.45) is 0 Å². The van der Waals surface area contributed by atoms with Crippen LogP contribution < -0.4 is 5.32 Å². The van der Waals surface area contributed by atoms with Crippen molar-refractivity contribution in [3.8, 4) is 0 Å². The van der Waals surface area contributed by atoms with Crippen LogP contribution in [0.2, 0.25) is 0 Å². The third kappa shape index (κ3) is 5.35. The first-order chi connectivity index (χ1) is 8.69.